The van der Waals surface area contributed by atoms with Gasteiger partial charge in [0.15, 0.2) is 0 Å². The highest BCUT2D eigenvalue weighted by molar-refractivity contribution is 5.58. The first-order valence-corrected chi connectivity index (χ1v) is 4.97. The van der Waals surface area contributed by atoms with E-state index in [9.17, 15) is 4.39 Å². The molecule has 0 aliphatic heterocycles. The second kappa shape index (κ2) is 3.85. The summed E-state index contributed by atoms with van der Waals surface area (Å²) in [4.78, 5) is 7.42. The Labute approximate surface area is 88.2 Å². The summed E-state index contributed by atoms with van der Waals surface area (Å²) in [5.41, 5.74) is 1.69. The van der Waals surface area contributed by atoms with E-state index < -0.39 is 0 Å². The van der Waals surface area contributed by atoms with Crippen LogP contribution in [-0.2, 0) is 0 Å². The molecular weight excluding hydrogens is 191 g/mol. The smallest absolute Gasteiger partial charge is 0.123 e. The number of imidazole rings is 1. The van der Waals surface area contributed by atoms with Crippen molar-refractivity contribution >= 4 is 0 Å². The number of hydrogen-bond acceptors (Lipinski definition) is 1. The molecule has 0 bridgehead atoms. The van der Waals surface area contributed by atoms with E-state index in [-0.39, 0.29) is 5.82 Å². The average Bonchev–Trinajstić information content (AvgIpc) is 2.66. The molecule has 1 aromatic heterocycles. The molecule has 1 N–H and O–H groups in total. The quantitative estimate of drug-likeness (QED) is 0.798. The van der Waals surface area contributed by atoms with E-state index in [0.717, 1.165) is 17.1 Å². The number of H-pyrrole nitrogens is 1. The minimum atomic E-state index is -0.229. The number of nitrogens with zero attached hydrogens (tertiary/aromatic N) is 1. The Balaban J connectivity index is 2.37. The fourth-order valence-corrected chi connectivity index (χ4v) is 1.43. The first kappa shape index (κ1) is 9.90. The third-order valence-electron chi connectivity index (χ3n) is 2.28. The molecule has 0 amide bonds. The zero-order valence-corrected chi connectivity index (χ0v) is 8.79. The molecule has 0 aliphatic carbocycles. The summed E-state index contributed by atoms with van der Waals surface area (Å²) in [7, 11) is 0. The number of nitrogens with one attached hydrogen (secondary N) is 1. The molecule has 0 radical (unpaired) electrons. The van der Waals surface area contributed by atoms with Gasteiger partial charge in [0, 0.05) is 11.5 Å². The van der Waals surface area contributed by atoms with Crippen molar-refractivity contribution in [1.82, 2.24) is 9.97 Å². The molecule has 2 nitrogen and oxygen atoms in total. The fourth-order valence-electron chi connectivity index (χ4n) is 1.43. The van der Waals surface area contributed by atoms with Gasteiger partial charge in [-0.1, -0.05) is 26.0 Å². The first-order chi connectivity index (χ1) is 7.16. The summed E-state index contributed by atoms with van der Waals surface area (Å²) in [5, 5.41) is 0. The van der Waals surface area contributed by atoms with Gasteiger partial charge in [0.25, 0.3) is 0 Å². The molecule has 0 spiro atoms. The molecule has 1 aromatic carbocycles. The molecule has 0 saturated heterocycles. The van der Waals surface area contributed by atoms with Gasteiger partial charge in [-0.2, -0.15) is 0 Å². The third-order valence-corrected chi connectivity index (χ3v) is 2.28. The van der Waals surface area contributed by atoms with E-state index in [0.29, 0.717) is 5.92 Å². The fraction of sp³-hybridized carbons (Fsp3) is 0.250. The van der Waals surface area contributed by atoms with Crippen molar-refractivity contribution in [2.75, 3.05) is 0 Å². The van der Waals surface area contributed by atoms with Gasteiger partial charge in [-0.15, -0.1) is 0 Å². The predicted molar refractivity (Wildman–Crippen MR) is 58.1 cm³/mol. The van der Waals surface area contributed by atoms with Crippen LogP contribution in [0.2, 0.25) is 0 Å². The summed E-state index contributed by atoms with van der Waals surface area (Å²) in [6, 6.07) is 6.49. The van der Waals surface area contributed by atoms with Crippen LogP contribution in [0.3, 0.4) is 0 Å². The van der Waals surface area contributed by atoms with Crippen LogP contribution in [0.25, 0.3) is 11.3 Å². The van der Waals surface area contributed by atoms with Crippen LogP contribution in [0.5, 0.6) is 0 Å². The van der Waals surface area contributed by atoms with Crippen molar-refractivity contribution in [3.63, 3.8) is 0 Å². The second-order valence-electron chi connectivity index (χ2n) is 3.85. The summed E-state index contributed by atoms with van der Waals surface area (Å²) in [5.74, 6) is 1.05. The lowest BCUT2D eigenvalue weighted by Gasteiger charge is -1.99. The summed E-state index contributed by atoms with van der Waals surface area (Å²) >= 11 is 0. The van der Waals surface area contributed by atoms with E-state index in [2.05, 4.69) is 23.8 Å². The topological polar surface area (TPSA) is 28.7 Å². The van der Waals surface area contributed by atoms with Crippen LogP contribution < -0.4 is 0 Å². The average molecular weight is 204 g/mol. The predicted octanol–water partition coefficient (Wildman–Crippen LogP) is 3.34. The molecule has 0 atom stereocenters. The van der Waals surface area contributed by atoms with E-state index >= 15 is 0 Å². The minimum Gasteiger partial charge on any atom is -0.342 e. The monoisotopic (exact) mass is 204 g/mol. The molecule has 2 rings (SSSR count). The van der Waals surface area contributed by atoms with Gasteiger partial charge < -0.3 is 4.98 Å². The number of aromatic nitrogens is 2. The van der Waals surface area contributed by atoms with Gasteiger partial charge in [0.05, 0.1) is 11.9 Å². The van der Waals surface area contributed by atoms with Gasteiger partial charge in [-0.3, -0.25) is 0 Å². The zero-order chi connectivity index (χ0) is 10.8. The summed E-state index contributed by atoms with van der Waals surface area (Å²) in [6.45, 7) is 4.13. The number of hydrogen-bond donors (Lipinski definition) is 1. The number of benzene rings is 1. The van der Waals surface area contributed by atoms with Gasteiger partial charge >= 0.3 is 0 Å². The van der Waals surface area contributed by atoms with Crippen molar-refractivity contribution in [2.45, 2.75) is 19.8 Å². The zero-order valence-electron chi connectivity index (χ0n) is 8.79. The molecule has 0 unspecified atom stereocenters. The maximum absolute atomic E-state index is 13.0. The van der Waals surface area contributed by atoms with Crippen LogP contribution in [0.1, 0.15) is 25.6 Å². The van der Waals surface area contributed by atoms with Crippen molar-refractivity contribution in [3.05, 3.63) is 42.1 Å². The molecule has 0 aliphatic rings. The SMILES string of the molecule is CC(C)c1ncc(-c2cccc(F)c2)[nH]1. The molecule has 3 heteroatoms. The number of rotatable bonds is 2. The summed E-state index contributed by atoms with van der Waals surface area (Å²) in [6.07, 6.45) is 1.74. The van der Waals surface area contributed by atoms with E-state index in [1.807, 2.05) is 6.07 Å². The molecule has 1 heterocycles. The Morgan fingerprint density at radius 2 is 2.13 bits per heavy atom. The molecule has 0 fully saturated rings. The minimum absolute atomic E-state index is 0.229. The van der Waals surface area contributed by atoms with Crippen molar-refractivity contribution in [1.29, 1.82) is 0 Å². The van der Waals surface area contributed by atoms with Gasteiger partial charge in [-0.25, -0.2) is 9.37 Å². The highest BCUT2D eigenvalue weighted by Gasteiger charge is 2.06. The summed E-state index contributed by atoms with van der Waals surface area (Å²) < 4.78 is 13.0. The van der Waals surface area contributed by atoms with Gasteiger partial charge in [-0.05, 0) is 12.1 Å². The van der Waals surface area contributed by atoms with Crippen molar-refractivity contribution < 1.29 is 4.39 Å². The Bertz CT molecular complexity index is 460. The van der Waals surface area contributed by atoms with Crippen LogP contribution in [-0.4, -0.2) is 9.97 Å². The van der Waals surface area contributed by atoms with Crippen molar-refractivity contribution in [2.24, 2.45) is 0 Å². The lowest BCUT2D eigenvalue weighted by Crippen LogP contribution is -1.89. The van der Waals surface area contributed by atoms with E-state index in [1.165, 1.54) is 12.1 Å². The number of halogens is 1. The number of aromatic amines is 1. The molecule has 78 valence electrons. The van der Waals surface area contributed by atoms with Gasteiger partial charge in [0.2, 0.25) is 0 Å². The standard InChI is InChI=1S/C12H13FN2/c1-8(2)12-14-7-11(15-12)9-4-3-5-10(13)6-9/h3-8H,1-2H3,(H,14,15). The van der Waals surface area contributed by atoms with E-state index in [1.54, 1.807) is 12.3 Å². The molecule has 15 heavy (non-hydrogen) atoms. The third kappa shape index (κ3) is 2.06. The van der Waals surface area contributed by atoms with Crippen LogP contribution in [0, 0.1) is 5.82 Å². The largest absolute Gasteiger partial charge is 0.342 e. The molecular formula is C12H13FN2. The van der Waals surface area contributed by atoms with Gasteiger partial charge in [0.1, 0.15) is 11.6 Å². The molecule has 2 aromatic rings. The molecule has 0 saturated carbocycles. The second-order valence-corrected chi connectivity index (χ2v) is 3.85. The Hall–Kier alpha value is -1.64. The maximum Gasteiger partial charge on any atom is 0.123 e. The highest BCUT2D eigenvalue weighted by Crippen LogP contribution is 2.20. The van der Waals surface area contributed by atoms with Crippen LogP contribution >= 0.6 is 0 Å². The normalized spacial score (nSPS) is 10.9. The Morgan fingerprint density at radius 3 is 2.73 bits per heavy atom. The lowest BCUT2D eigenvalue weighted by atomic mass is 10.2. The van der Waals surface area contributed by atoms with Crippen molar-refractivity contribution in [3.8, 4) is 11.3 Å². The Kier molecular flexibility index (Phi) is 2.54. The highest BCUT2D eigenvalue weighted by atomic mass is 19.1. The lowest BCUT2D eigenvalue weighted by molar-refractivity contribution is 0.628. The first-order valence-electron chi connectivity index (χ1n) is 4.97. The van der Waals surface area contributed by atoms with E-state index in [4.69, 9.17) is 0 Å². The van der Waals surface area contributed by atoms with Crippen LogP contribution in [0.15, 0.2) is 30.5 Å². The maximum atomic E-state index is 13.0. The Morgan fingerprint density at radius 1 is 1.33 bits per heavy atom. The van der Waals surface area contributed by atoms with Crippen LogP contribution in [0.4, 0.5) is 4.39 Å².